The summed E-state index contributed by atoms with van der Waals surface area (Å²) in [5, 5.41) is 3.26. The van der Waals surface area contributed by atoms with Gasteiger partial charge in [0.25, 0.3) is 0 Å². The number of nitrogens with zero attached hydrogens (tertiary/aromatic N) is 1. The molecule has 1 N–H and O–H groups in total. The van der Waals surface area contributed by atoms with Gasteiger partial charge in [-0.05, 0) is 37.1 Å². The van der Waals surface area contributed by atoms with Crippen molar-refractivity contribution in [3.8, 4) is 5.75 Å². The average Bonchev–Trinajstić information content (AvgIpc) is 2.64. The van der Waals surface area contributed by atoms with Crippen LogP contribution in [0.1, 0.15) is 25.0 Å². The number of carbonyl (C=O) groups excluding carboxylic acids is 1. The van der Waals surface area contributed by atoms with Gasteiger partial charge in [-0.1, -0.05) is 42.5 Å². The molecule has 0 heterocycles. The lowest BCUT2D eigenvalue weighted by Crippen LogP contribution is -2.42. The first-order valence-electron chi connectivity index (χ1n) is 8.34. The highest BCUT2D eigenvalue weighted by atomic mass is 16.5. The lowest BCUT2D eigenvalue weighted by atomic mass is 10.2. The van der Waals surface area contributed by atoms with Crippen molar-refractivity contribution in [3.05, 3.63) is 65.7 Å². The summed E-state index contributed by atoms with van der Waals surface area (Å²) in [6.45, 7) is 5.81. The summed E-state index contributed by atoms with van der Waals surface area (Å²) in [4.78, 5) is 13.7. The predicted molar refractivity (Wildman–Crippen MR) is 96.8 cm³/mol. The summed E-state index contributed by atoms with van der Waals surface area (Å²) < 4.78 is 5.78. The Kier molecular flexibility index (Phi) is 6.82. The molecule has 2 aromatic rings. The van der Waals surface area contributed by atoms with E-state index in [9.17, 15) is 4.79 Å². The largest absolute Gasteiger partial charge is 0.489 e. The first-order chi connectivity index (χ1) is 11.6. The molecule has 0 aromatic heterocycles. The Bertz CT molecular complexity index is 626. The molecule has 0 radical (unpaired) electrons. The van der Waals surface area contributed by atoms with Gasteiger partial charge in [-0.15, -0.1) is 0 Å². The number of ether oxygens (including phenoxy) is 1. The van der Waals surface area contributed by atoms with Crippen molar-refractivity contribution in [3.63, 3.8) is 0 Å². The monoisotopic (exact) mass is 326 g/mol. The molecule has 0 saturated heterocycles. The number of amides is 1. The summed E-state index contributed by atoms with van der Waals surface area (Å²) in [5.41, 5.74) is 2.27. The molecule has 24 heavy (non-hydrogen) atoms. The van der Waals surface area contributed by atoms with E-state index in [4.69, 9.17) is 4.74 Å². The second-order valence-corrected chi connectivity index (χ2v) is 5.87. The van der Waals surface area contributed by atoms with Gasteiger partial charge in [-0.25, -0.2) is 0 Å². The van der Waals surface area contributed by atoms with Crippen molar-refractivity contribution in [2.75, 3.05) is 13.6 Å². The zero-order valence-corrected chi connectivity index (χ0v) is 14.7. The second-order valence-electron chi connectivity index (χ2n) is 5.87. The zero-order valence-electron chi connectivity index (χ0n) is 14.7. The maximum absolute atomic E-state index is 12.0. The molecular weight excluding hydrogens is 300 g/mol. The number of rotatable bonds is 8. The molecular formula is C20H26N2O2. The number of carbonyl (C=O) groups is 1. The third-order valence-corrected chi connectivity index (χ3v) is 4.01. The Labute approximate surface area is 144 Å². The van der Waals surface area contributed by atoms with Gasteiger partial charge in [0.2, 0.25) is 5.91 Å². The van der Waals surface area contributed by atoms with Crippen LogP contribution in [0.15, 0.2) is 54.6 Å². The molecule has 0 fully saturated rings. The van der Waals surface area contributed by atoms with Gasteiger partial charge < -0.3 is 15.0 Å². The van der Waals surface area contributed by atoms with Crippen molar-refractivity contribution in [2.45, 2.75) is 33.0 Å². The number of likely N-dealkylation sites (N-methyl/N-ethyl adjacent to an activating group) is 1. The topological polar surface area (TPSA) is 41.6 Å². The first kappa shape index (κ1) is 18.0. The fourth-order valence-electron chi connectivity index (χ4n) is 2.29. The predicted octanol–water partition coefficient (Wildman–Crippen LogP) is 3.22. The summed E-state index contributed by atoms with van der Waals surface area (Å²) in [5.74, 6) is 0.956. The molecule has 0 aliphatic rings. The molecule has 128 valence electrons. The molecule has 1 atom stereocenters. The molecule has 2 rings (SSSR count). The van der Waals surface area contributed by atoms with E-state index in [0.717, 1.165) is 23.4 Å². The molecule has 0 bridgehead atoms. The second kappa shape index (κ2) is 9.08. The third-order valence-electron chi connectivity index (χ3n) is 4.01. The van der Waals surface area contributed by atoms with E-state index in [1.807, 2.05) is 75.5 Å². The van der Waals surface area contributed by atoms with Gasteiger partial charge in [0.1, 0.15) is 12.4 Å². The maximum atomic E-state index is 12.0. The Hall–Kier alpha value is -2.33. The minimum Gasteiger partial charge on any atom is -0.489 e. The van der Waals surface area contributed by atoms with E-state index in [2.05, 4.69) is 5.32 Å². The van der Waals surface area contributed by atoms with Crippen LogP contribution in [0.3, 0.4) is 0 Å². The molecule has 0 saturated carbocycles. The Balaban J connectivity index is 1.80. The van der Waals surface area contributed by atoms with Crippen LogP contribution in [-0.4, -0.2) is 30.4 Å². The van der Waals surface area contributed by atoms with Gasteiger partial charge in [0, 0.05) is 20.1 Å². The van der Waals surface area contributed by atoms with E-state index in [1.54, 1.807) is 4.90 Å². The van der Waals surface area contributed by atoms with Crippen LogP contribution in [0.2, 0.25) is 0 Å². The first-order valence-corrected chi connectivity index (χ1v) is 8.34. The number of benzene rings is 2. The average molecular weight is 326 g/mol. The van der Waals surface area contributed by atoms with Crippen LogP contribution in [0.4, 0.5) is 0 Å². The van der Waals surface area contributed by atoms with Crippen LogP contribution >= 0.6 is 0 Å². The number of hydrogen-bond donors (Lipinski definition) is 1. The normalized spacial score (nSPS) is 11.8. The minimum absolute atomic E-state index is 0.111. The smallest absolute Gasteiger partial charge is 0.239 e. The fraction of sp³-hybridized carbons (Fsp3) is 0.350. The van der Waals surface area contributed by atoms with Crippen LogP contribution in [0.25, 0.3) is 0 Å². The van der Waals surface area contributed by atoms with E-state index in [-0.39, 0.29) is 11.9 Å². The van der Waals surface area contributed by atoms with Crippen molar-refractivity contribution in [1.82, 2.24) is 10.2 Å². The van der Waals surface area contributed by atoms with Crippen molar-refractivity contribution in [2.24, 2.45) is 0 Å². The van der Waals surface area contributed by atoms with Crippen LogP contribution in [-0.2, 0) is 17.9 Å². The molecule has 4 nitrogen and oxygen atoms in total. The quantitative estimate of drug-likeness (QED) is 0.810. The summed E-state index contributed by atoms with van der Waals surface area (Å²) in [6, 6.07) is 17.9. The molecule has 2 aromatic carbocycles. The molecule has 4 heteroatoms. The number of nitrogens with one attached hydrogen (secondary N) is 1. The minimum atomic E-state index is -0.191. The van der Waals surface area contributed by atoms with Crippen molar-refractivity contribution < 1.29 is 9.53 Å². The maximum Gasteiger partial charge on any atom is 0.239 e. The van der Waals surface area contributed by atoms with Crippen molar-refractivity contribution in [1.29, 1.82) is 0 Å². The summed E-state index contributed by atoms with van der Waals surface area (Å²) in [7, 11) is 1.82. The van der Waals surface area contributed by atoms with E-state index < -0.39 is 0 Å². The highest BCUT2D eigenvalue weighted by Gasteiger charge is 2.15. The molecule has 0 spiro atoms. The van der Waals surface area contributed by atoms with E-state index in [1.165, 1.54) is 0 Å². The van der Waals surface area contributed by atoms with Crippen LogP contribution in [0.5, 0.6) is 5.75 Å². The highest BCUT2D eigenvalue weighted by Crippen LogP contribution is 2.14. The lowest BCUT2D eigenvalue weighted by Gasteiger charge is -2.20. The zero-order chi connectivity index (χ0) is 17.4. The Morgan fingerprint density at radius 3 is 2.38 bits per heavy atom. The summed E-state index contributed by atoms with van der Waals surface area (Å²) in [6.07, 6.45) is 0. The van der Waals surface area contributed by atoms with Gasteiger partial charge in [0.05, 0.1) is 6.04 Å². The van der Waals surface area contributed by atoms with E-state index >= 15 is 0 Å². The van der Waals surface area contributed by atoms with Gasteiger partial charge in [0.15, 0.2) is 0 Å². The lowest BCUT2D eigenvalue weighted by molar-refractivity contribution is -0.131. The van der Waals surface area contributed by atoms with Crippen LogP contribution < -0.4 is 10.1 Å². The van der Waals surface area contributed by atoms with Gasteiger partial charge >= 0.3 is 0 Å². The Morgan fingerprint density at radius 1 is 1.08 bits per heavy atom. The number of hydrogen-bond acceptors (Lipinski definition) is 3. The third kappa shape index (κ3) is 5.39. The van der Waals surface area contributed by atoms with Gasteiger partial charge in [-0.2, -0.15) is 0 Å². The highest BCUT2D eigenvalue weighted by molar-refractivity contribution is 5.81. The Morgan fingerprint density at radius 2 is 1.75 bits per heavy atom. The summed E-state index contributed by atoms with van der Waals surface area (Å²) >= 11 is 0. The molecule has 0 aliphatic heterocycles. The molecule has 0 aliphatic carbocycles. The van der Waals surface area contributed by atoms with Crippen molar-refractivity contribution >= 4 is 5.91 Å². The standard InChI is InChI=1S/C20H26N2O2/c1-4-22(3)20(23)16(2)21-14-17-10-12-19(13-11-17)24-15-18-8-6-5-7-9-18/h5-13,16,21H,4,14-15H2,1-3H3/t16-/m1/s1. The van der Waals surface area contributed by atoms with Crippen LogP contribution in [0, 0.1) is 0 Å². The molecule has 0 unspecified atom stereocenters. The fourth-order valence-corrected chi connectivity index (χ4v) is 2.29. The SMILES string of the molecule is CCN(C)C(=O)[C@@H](C)NCc1ccc(OCc2ccccc2)cc1. The van der Waals surface area contributed by atoms with E-state index in [0.29, 0.717) is 13.2 Å². The molecule has 1 amide bonds. The van der Waals surface area contributed by atoms with Gasteiger partial charge in [-0.3, -0.25) is 4.79 Å².